The van der Waals surface area contributed by atoms with Crippen LogP contribution in [0.4, 0.5) is 0 Å². The van der Waals surface area contributed by atoms with Crippen molar-refractivity contribution in [3.63, 3.8) is 0 Å². The Kier molecular flexibility index (Phi) is 5.29. The highest BCUT2D eigenvalue weighted by atomic mass is 35.5. The molecule has 1 atom stereocenters. The zero-order valence-corrected chi connectivity index (χ0v) is 11.8. The number of benzene rings is 1. The zero-order valence-electron chi connectivity index (χ0n) is 10.3. The first kappa shape index (κ1) is 14.3. The molecule has 0 aliphatic rings. The predicted octanol–water partition coefficient (Wildman–Crippen LogP) is 3.70. The Labute approximate surface area is 112 Å². The zero-order chi connectivity index (χ0) is 13.0. The Morgan fingerprint density at radius 1 is 1.29 bits per heavy atom. The fourth-order valence-corrected chi connectivity index (χ4v) is 1.78. The number of hydrogen-bond acceptors (Lipinski definition) is 1. The average molecular weight is 274 g/mol. The van der Waals surface area contributed by atoms with Crippen LogP contribution in [0.2, 0.25) is 10.0 Å². The molecule has 0 saturated heterocycles. The fraction of sp³-hybridized carbons (Fsp3) is 0.462. The molecule has 0 aromatic heterocycles. The molecule has 94 valence electrons. The maximum atomic E-state index is 11.8. The van der Waals surface area contributed by atoms with Crippen LogP contribution in [0.15, 0.2) is 18.2 Å². The van der Waals surface area contributed by atoms with Gasteiger partial charge in [-0.1, -0.05) is 43.1 Å². The van der Waals surface area contributed by atoms with E-state index in [4.69, 9.17) is 23.2 Å². The molecular weight excluding hydrogens is 257 g/mol. The van der Waals surface area contributed by atoms with Crippen LogP contribution in [0.25, 0.3) is 0 Å². The lowest BCUT2D eigenvalue weighted by Gasteiger charge is -2.17. The van der Waals surface area contributed by atoms with Crippen LogP contribution in [0, 0.1) is 5.92 Å². The lowest BCUT2D eigenvalue weighted by Crippen LogP contribution is -2.37. The summed E-state index contributed by atoms with van der Waals surface area (Å²) in [5, 5.41) is 4.05. The molecule has 0 saturated carbocycles. The third kappa shape index (κ3) is 4.57. The van der Waals surface area contributed by atoms with E-state index >= 15 is 0 Å². The molecule has 4 heteroatoms. The number of rotatable bonds is 4. The van der Waals surface area contributed by atoms with E-state index in [2.05, 4.69) is 19.2 Å². The van der Waals surface area contributed by atoms with Gasteiger partial charge in [0, 0.05) is 16.1 Å². The van der Waals surface area contributed by atoms with Crippen LogP contribution in [0.5, 0.6) is 0 Å². The maximum Gasteiger partial charge on any atom is 0.224 e. The molecule has 0 fully saturated rings. The van der Waals surface area contributed by atoms with E-state index in [1.807, 2.05) is 6.92 Å². The van der Waals surface area contributed by atoms with Crippen LogP contribution in [-0.4, -0.2) is 11.9 Å². The van der Waals surface area contributed by atoms with Gasteiger partial charge in [-0.15, -0.1) is 0 Å². The van der Waals surface area contributed by atoms with Crippen molar-refractivity contribution < 1.29 is 4.79 Å². The SMILES string of the molecule is CC(C)C(C)NC(=O)Cc1ccc(Cl)cc1Cl. The summed E-state index contributed by atoms with van der Waals surface area (Å²) in [6.07, 6.45) is 0.285. The number of halogens is 2. The van der Waals surface area contributed by atoms with Crippen molar-refractivity contribution in [2.24, 2.45) is 5.92 Å². The second-order valence-corrected chi connectivity index (χ2v) is 5.36. The van der Waals surface area contributed by atoms with Crippen molar-refractivity contribution in [3.8, 4) is 0 Å². The molecule has 0 aliphatic carbocycles. The van der Waals surface area contributed by atoms with Crippen molar-refractivity contribution in [2.45, 2.75) is 33.2 Å². The molecule has 0 bridgehead atoms. The molecule has 1 rings (SSSR count). The number of hydrogen-bond donors (Lipinski definition) is 1. The van der Waals surface area contributed by atoms with Gasteiger partial charge >= 0.3 is 0 Å². The van der Waals surface area contributed by atoms with Crippen LogP contribution in [0.3, 0.4) is 0 Å². The summed E-state index contributed by atoms with van der Waals surface area (Å²) in [5.74, 6) is 0.398. The molecule has 1 N–H and O–H groups in total. The van der Waals surface area contributed by atoms with Crippen LogP contribution in [-0.2, 0) is 11.2 Å². The molecule has 0 radical (unpaired) electrons. The molecule has 1 amide bonds. The number of nitrogens with one attached hydrogen (secondary N) is 1. The predicted molar refractivity (Wildman–Crippen MR) is 72.6 cm³/mol. The van der Waals surface area contributed by atoms with Crippen LogP contribution >= 0.6 is 23.2 Å². The minimum Gasteiger partial charge on any atom is -0.353 e. The molecule has 1 aromatic carbocycles. The van der Waals surface area contributed by atoms with Gasteiger partial charge in [-0.3, -0.25) is 4.79 Å². The first-order chi connectivity index (χ1) is 7.90. The molecule has 17 heavy (non-hydrogen) atoms. The number of carbonyl (C=O) groups excluding carboxylic acids is 1. The van der Waals surface area contributed by atoms with E-state index in [-0.39, 0.29) is 18.4 Å². The summed E-state index contributed by atoms with van der Waals surface area (Å²) in [7, 11) is 0. The fourth-order valence-electron chi connectivity index (χ4n) is 1.31. The Hall–Kier alpha value is -0.730. The van der Waals surface area contributed by atoms with Gasteiger partial charge in [0.05, 0.1) is 6.42 Å². The Morgan fingerprint density at radius 3 is 2.47 bits per heavy atom. The highest BCUT2D eigenvalue weighted by Crippen LogP contribution is 2.21. The summed E-state index contributed by atoms with van der Waals surface area (Å²) in [5.41, 5.74) is 0.796. The lowest BCUT2D eigenvalue weighted by atomic mass is 10.1. The summed E-state index contributed by atoms with van der Waals surface area (Å²) in [6, 6.07) is 5.33. The molecule has 1 unspecified atom stereocenters. The number of amides is 1. The quantitative estimate of drug-likeness (QED) is 0.891. The second kappa shape index (κ2) is 6.27. The first-order valence-corrected chi connectivity index (χ1v) is 6.39. The third-order valence-corrected chi connectivity index (χ3v) is 3.34. The Morgan fingerprint density at radius 2 is 1.94 bits per heavy atom. The minimum atomic E-state index is -0.0181. The van der Waals surface area contributed by atoms with E-state index in [0.29, 0.717) is 16.0 Å². The van der Waals surface area contributed by atoms with Gasteiger partial charge in [-0.2, -0.15) is 0 Å². The minimum absolute atomic E-state index is 0.0181. The Bertz CT molecular complexity index is 404. The summed E-state index contributed by atoms with van der Waals surface area (Å²) >= 11 is 11.8. The van der Waals surface area contributed by atoms with Gasteiger partial charge in [0.1, 0.15) is 0 Å². The molecule has 0 spiro atoms. The van der Waals surface area contributed by atoms with Crippen LogP contribution in [0.1, 0.15) is 26.3 Å². The number of carbonyl (C=O) groups is 1. The topological polar surface area (TPSA) is 29.1 Å². The van der Waals surface area contributed by atoms with E-state index in [0.717, 1.165) is 5.56 Å². The second-order valence-electron chi connectivity index (χ2n) is 4.51. The maximum absolute atomic E-state index is 11.8. The first-order valence-electron chi connectivity index (χ1n) is 5.63. The van der Waals surface area contributed by atoms with Gasteiger partial charge in [0.2, 0.25) is 5.91 Å². The van der Waals surface area contributed by atoms with Crippen molar-refractivity contribution >= 4 is 29.1 Å². The van der Waals surface area contributed by atoms with Crippen molar-refractivity contribution in [1.82, 2.24) is 5.32 Å². The van der Waals surface area contributed by atoms with Gasteiger partial charge in [-0.25, -0.2) is 0 Å². The molecule has 0 aliphatic heterocycles. The normalized spacial score (nSPS) is 12.6. The third-order valence-electron chi connectivity index (χ3n) is 2.75. The summed E-state index contributed by atoms with van der Waals surface area (Å²) in [4.78, 5) is 11.8. The highest BCUT2D eigenvalue weighted by Gasteiger charge is 2.12. The Balaban J connectivity index is 2.62. The largest absolute Gasteiger partial charge is 0.353 e. The van der Waals surface area contributed by atoms with Crippen molar-refractivity contribution in [3.05, 3.63) is 33.8 Å². The van der Waals surface area contributed by atoms with Crippen LogP contribution < -0.4 is 5.32 Å². The van der Waals surface area contributed by atoms with Gasteiger partial charge < -0.3 is 5.32 Å². The van der Waals surface area contributed by atoms with E-state index in [1.54, 1.807) is 18.2 Å². The van der Waals surface area contributed by atoms with Crippen molar-refractivity contribution in [2.75, 3.05) is 0 Å². The molecule has 1 aromatic rings. The standard InChI is InChI=1S/C13H17Cl2NO/c1-8(2)9(3)16-13(17)6-10-4-5-11(14)7-12(10)15/h4-5,7-9H,6H2,1-3H3,(H,16,17). The lowest BCUT2D eigenvalue weighted by molar-refractivity contribution is -0.121. The van der Waals surface area contributed by atoms with E-state index in [9.17, 15) is 4.79 Å². The van der Waals surface area contributed by atoms with Gasteiger partial charge in [-0.05, 0) is 30.5 Å². The summed E-state index contributed by atoms with van der Waals surface area (Å²) < 4.78 is 0. The smallest absolute Gasteiger partial charge is 0.224 e. The van der Waals surface area contributed by atoms with Gasteiger partial charge in [0.25, 0.3) is 0 Å². The summed E-state index contributed by atoms with van der Waals surface area (Å²) in [6.45, 7) is 6.13. The van der Waals surface area contributed by atoms with E-state index in [1.165, 1.54) is 0 Å². The average Bonchev–Trinajstić information content (AvgIpc) is 2.22. The van der Waals surface area contributed by atoms with Gasteiger partial charge in [0.15, 0.2) is 0 Å². The van der Waals surface area contributed by atoms with Crippen molar-refractivity contribution in [1.29, 1.82) is 0 Å². The highest BCUT2D eigenvalue weighted by molar-refractivity contribution is 6.35. The molecular formula is C13H17Cl2NO. The van der Waals surface area contributed by atoms with E-state index < -0.39 is 0 Å². The molecule has 2 nitrogen and oxygen atoms in total. The molecule has 0 heterocycles. The monoisotopic (exact) mass is 273 g/mol.